The first kappa shape index (κ1) is 13.1. The molecule has 0 bridgehead atoms. The molecule has 0 spiro atoms. The second kappa shape index (κ2) is 5.64. The quantitative estimate of drug-likeness (QED) is 0.860. The zero-order chi connectivity index (χ0) is 13.9. The fourth-order valence-corrected chi connectivity index (χ4v) is 3.12. The molecule has 20 heavy (non-hydrogen) atoms. The van der Waals surface area contributed by atoms with E-state index in [1.165, 1.54) is 12.8 Å². The normalized spacial score (nSPS) is 20.1. The predicted octanol–water partition coefficient (Wildman–Crippen LogP) is 2.79. The Morgan fingerprint density at radius 2 is 2.25 bits per heavy atom. The van der Waals surface area contributed by atoms with Crippen LogP contribution in [0.2, 0.25) is 0 Å². The van der Waals surface area contributed by atoms with Crippen LogP contribution in [0.1, 0.15) is 25.6 Å². The molecule has 1 fully saturated rings. The van der Waals surface area contributed by atoms with Crippen molar-refractivity contribution >= 4 is 11.0 Å². The van der Waals surface area contributed by atoms with Crippen LogP contribution in [-0.4, -0.2) is 27.5 Å². The first-order chi connectivity index (χ1) is 9.78. The van der Waals surface area contributed by atoms with Crippen molar-refractivity contribution in [2.45, 2.75) is 32.9 Å². The number of para-hydroxylation sites is 2. The van der Waals surface area contributed by atoms with E-state index in [2.05, 4.69) is 22.5 Å². The lowest BCUT2D eigenvalue weighted by molar-refractivity contribution is 0.171. The molecule has 1 unspecified atom stereocenters. The second-order valence-electron chi connectivity index (χ2n) is 5.74. The van der Waals surface area contributed by atoms with Crippen molar-refractivity contribution in [2.75, 3.05) is 13.1 Å². The molecule has 3 rings (SSSR count). The molecule has 1 saturated heterocycles. The van der Waals surface area contributed by atoms with Crippen LogP contribution in [0, 0.1) is 17.2 Å². The molecule has 0 radical (unpaired) electrons. The Balaban J connectivity index is 1.90. The summed E-state index contributed by atoms with van der Waals surface area (Å²) in [5, 5.41) is 9.06. The van der Waals surface area contributed by atoms with E-state index in [-0.39, 0.29) is 0 Å². The van der Waals surface area contributed by atoms with Crippen molar-refractivity contribution in [3.63, 3.8) is 0 Å². The fourth-order valence-electron chi connectivity index (χ4n) is 3.12. The summed E-state index contributed by atoms with van der Waals surface area (Å²) in [6.45, 7) is 5.81. The third kappa shape index (κ3) is 2.54. The molecule has 4 nitrogen and oxygen atoms in total. The molecule has 4 heteroatoms. The number of rotatable bonds is 3. The predicted molar refractivity (Wildman–Crippen MR) is 79.0 cm³/mol. The lowest BCUT2D eigenvalue weighted by atomic mass is 10.0. The molecule has 1 atom stereocenters. The van der Waals surface area contributed by atoms with Gasteiger partial charge in [-0.1, -0.05) is 19.1 Å². The first-order valence-electron chi connectivity index (χ1n) is 7.31. The highest BCUT2D eigenvalue weighted by molar-refractivity contribution is 5.76. The van der Waals surface area contributed by atoms with Gasteiger partial charge in [0.25, 0.3) is 0 Å². The number of imidazole rings is 1. The molecule has 104 valence electrons. The van der Waals surface area contributed by atoms with Gasteiger partial charge in [0, 0.05) is 6.54 Å². The number of hydrogen-bond acceptors (Lipinski definition) is 3. The first-order valence-corrected chi connectivity index (χ1v) is 7.31. The van der Waals surface area contributed by atoms with Gasteiger partial charge in [0.2, 0.25) is 0 Å². The summed E-state index contributed by atoms with van der Waals surface area (Å²) in [5.41, 5.74) is 2.05. The summed E-state index contributed by atoms with van der Waals surface area (Å²) in [6, 6.07) is 10.3. The highest BCUT2D eigenvalue weighted by Gasteiger charge is 2.19. The number of piperidine rings is 1. The minimum atomic E-state index is 0.374. The van der Waals surface area contributed by atoms with Crippen LogP contribution < -0.4 is 0 Å². The maximum Gasteiger partial charge on any atom is 0.125 e. The van der Waals surface area contributed by atoms with Gasteiger partial charge >= 0.3 is 0 Å². The molecule has 0 N–H and O–H groups in total. The number of nitrogens with zero attached hydrogens (tertiary/aromatic N) is 4. The molecule has 0 aliphatic carbocycles. The van der Waals surface area contributed by atoms with Crippen LogP contribution in [0.5, 0.6) is 0 Å². The van der Waals surface area contributed by atoms with E-state index in [0.717, 1.165) is 42.4 Å². The van der Waals surface area contributed by atoms with Gasteiger partial charge in [-0.3, -0.25) is 4.90 Å². The zero-order valence-corrected chi connectivity index (χ0v) is 11.9. The Labute approximate surface area is 119 Å². The lowest BCUT2D eigenvalue weighted by Crippen LogP contribution is -2.34. The van der Waals surface area contributed by atoms with Gasteiger partial charge < -0.3 is 4.57 Å². The highest BCUT2D eigenvalue weighted by atomic mass is 15.2. The number of aromatic nitrogens is 2. The standard InChI is InChI=1S/C16H20N4/c1-13-5-4-9-19(11-13)12-16-18-14-6-2-3-7-15(14)20(16)10-8-17/h2-3,6-7,13H,4-5,9-12H2,1H3. The lowest BCUT2D eigenvalue weighted by Gasteiger charge is -2.30. The number of nitriles is 1. The van der Waals surface area contributed by atoms with E-state index in [0.29, 0.717) is 6.54 Å². The van der Waals surface area contributed by atoms with Crippen molar-refractivity contribution in [1.29, 1.82) is 5.26 Å². The van der Waals surface area contributed by atoms with Crippen LogP contribution in [0.4, 0.5) is 0 Å². The van der Waals surface area contributed by atoms with Crippen LogP contribution in [0.25, 0.3) is 11.0 Å². The third-order valence-electron chi connectivity index (χ3n) is 4.07. The van der Waals surface area contributed by atoms with Crippen molar-refractivity contribution in [1.82, 2.24) is 14.5 Å². The molecular formula is C16H20N4. The largest absolute Gasteiger partial charge is 0.313 e. The van der Waals surface area contributed by atoms with Crippen molar-refractivity contribution < 1.29 is 0 Å². The molecule has 0 amide bonds. The number of fused-ring (bicyclic) bond motifs is 1. The minimum absolute atomic E-state index is 0.374. The minimum Gasteiger partial charge on any atom is -0.313 e. The topological polar surface area (TPSA) is 44.9 Å². The molecule has 1 aliphatic rings. The number of likely N-dealkylation sites (tertiary alicyclic amines) is 1. The molecule has 1 aliphatic heterocycles. The van der Waals surface area contributed by atoms with Crippen LogP contribution in [0.3, 0.4) is 0 Å². The van der Waals surface area contributed by atoms with Gasteiger partial charge in [-0.15, -0.1) is 0 Å². The van der Waals surface area contributed by atoms with Gasteiger partial charge in [0.05, 0.1) is 23.6 Å². The van der Waals surface area contributed by atoms with Crippen LogP contribution in [-0.2, 0) is 13.1 Å². The van der Waals surface area contributed by atoms with E-state index in [1.54, 1.807) is 0 Å². The Hall–Kier alpha value is -1.86. The smallest absolute Gasteiger partial charge is 0.125 e. The molecular weight excluding hydrogens is 248 g/mol. The third-order valence-corrected chi connectivity index (χ3v) is 4.07. The summed E-state index contributed by atoms with van der Waals surface area (Å²) in [5.74, 6) is 1.78. The van der Waals surface area contributed by atoms with Crippen LogP contribution >= 0.6 is 0 Å². The van der Waals surface area contributed by atoms with Crippen LogP contribution in [0.15, 0.2) is 24.3 Å². The summed E-state index contributed by atoms with van der Waals surface area (Å²) in [4.78, 5) is 7.18. The van der Waals surface area contributed by atoms with Gasteiger partial charge in [-0.25, -0.2) is 4.98 Å². The zero-order valence-electron chi connectivity index (χ0n) is 11.9. The van der Waals surface area contributed by atoms with E-state index in [9.17, 15) is 0 Å². The average Bonchev–Trinajstić information content (AvgIpc) is 2.77. The van der Waals surface area contributed by atoms with Crippen molar-refractivity contribution in [2.24, 2.45) is 5.92 Å². The molecule has 2 aromatic rings. The monoisotopic (exact) mass is 268 g/mol. The number of benzene rings is 1. The van der Waals surface area contributed by atoms with Crippen molar-refractivity contribution in [3.8, 4) is 6.07 Å². The maximum absolute atomic E-state index is 9.06. The van der Waals surface area contributed by atoms with E-state index < -0.39 is 0 Å². The Kier molecular flexibility index (Phi) is 3.70. The fraction of sp³-hybridized carbons (Fsp3) is 0.500. The number of hydrogen-bond donors (Lipinski definition) is 0. The summed E-state index contributed by atoms with van der Waals surface area (Å²) in [6.07, 6.45) is 2.59. The van der Waals surface area contributed by atoms with Gasteiger partial charge in [-0.2, -0.15) is 5.26 Å². The van der Waals surface area contributed by atoms with Gasteiger partial charge in [0.1, 0.15) is 12.4 Å². The average molecular weight is 268 g/mol. The van der Waals surface area contributed by atoms with Gasteiger partial charge in [-0.05, 0) is 37.4 Å². The van der Waals surface area contributed by atoms with E-state index in [1.807, 2.05) is 24.3 Å². The van der Waals surface area contributed by atoms with E-state index in [4.69, 9.17) is 10.2 Å². The molecule has 0 saturated carbocycles. The molecule has 1 aromatic carbocycles. The second-order valence-corrected chi connectivity index (χ2v) is 5.74. The summed E-state index contributed by atoms with van der Waals surface area (Å²) >= 11 is 0. The maximum atomic E-state index is 9.06. The van der Waals surface area contributed by atoms with E-state index >= 15 is 0 Å². The van der Waals surface area contributed by atoms with Gasteiger partial charge in [0.15, 0.2) is 0 Å². The molecule has 2 heterocycles. The van der Waals surface area contributed by atoms with Crippen molar-refractivity contribution in [3.05, 3.63) is 30.1 Å². The Morgan fingerprint density at radius 1 is 1.40 bits per heavy atom. The Morgan fingerprint density at radius 3 is 3.05 bits per heavy atom. The summed E-state index contributed by atoms with van der Waals surface area (Å²) in [7, 11) is 0. The SMILES string of the molecule is CC1CCCN(Cc2nc3ccccc3n2CC#N)C1. The summed E-state index contributed by atoms with van der Waals surface area (Å²) < 4.78 is 2.05. The Bertz CT molecular complexity index is 637. The highest BCUT2D eigenvalue weighted by Crippen LogP contribution is 2.20. The molecule has 1 aromatic heterocycles.